The van der Waals surface area contributed by atoms with Gasteiger partial charge in [-0.3, -0.25) is 0 Å². The summed E-state index contributed by atoms with van der Waals surface area (Å²) < 4.78 is 22.5. The normalized spacial score (nSPS) is 38.5. The monoisotopic (exact) mass is 309 g/mol. The van der Waals surface area contributed by atoms with Gasteiger partial charge in [0.05, 0.1) is 19.3 Å². The fourth-order valence-corrected chi connectivity index (χ4v) is 2.82. The number of hydrogen-bond donors (Lipinski definition) is 2. The molecule has 3 rings (SSSR count). The number of fused-ring (bicyclic) bond motifs is 1. The summed E-state index contributed by atoms with van der Waals surface area (Å²) in [4.78, 5) is 0. The van der Waals surface area contributed by atoms with E-state index in [1.165, 1.54) is 5.56 Å². The third-order valence-corrected chi connectivity index (χ3v) is 4.08. The second-order valence-corrected chi connectivity index (χ2v) is 5.72. The molecule has 2 aliphatic rings. The van der Waals surface area contributed by atoms with Crippen LogP contribution in [0.2, 0.25) is 0 Å². The van der Waals surface area contributed by atoms with Crippen molar-refractivity contribution >= 4 is 0 Å². The summed E-state index contributed by atoms with van der Waals surface area (Å²) in [6.45, 7) is 2.63. The molecule has 1 aromatic rings. The Balaban J connectivity index is 1.53. The Bertz CT molecular complexity index is 469. The predicted molar refractivity (Wildman–Crippen MR) is 79.0 cm³/mol. The van der Waals surface area contributed by atoms with Gasteiger partial charge >= 0.3 is 0 Å². The maximum atomic E-state index is 10.3. The van der Waals surface area contributed by atoms with Gasteiger partial charge in [0, 0.05) is 0 Å². The number of aliphatic hydroxyl groups excluding tert-OH is 1. The van der Waals surface area contributed by atoms with Crippen molar-refractivity contribution < 1.29 is 24.1 Å². The maximum absolute atomic E-state index is 10.3. The van der Waals surface area contributed by atoms with E-state index in [0.29, 0.717) is 13.2 Å². The highest BCUT2D eigenvalue weighted by atomic mass is 16.7. The van der Waals surface area contributed by atoms with Crippen LogP contribution in [-0.2, 0) is 25.4 Å². The average Bonchev–Trinajstić information content (AvgIpc) is 2.54. The zero-order chi connectivity index (χ0) is 15.5. The lowest BCUT2D eigenvalue weighted by Gasteiger charge is -2.46. The third kappa shape index (κ3) is 3.48. The first-order chi connectivity index (χ1) is 10.6. The second kappa shape index (κ2) is 7.04. The van der Waals surface area contributed by atoms with E-state index in [0.717, 1.165) is 6.42 Å². The minimum atomic E-state index is -0.827. The van der Waals surface area contributed by atoms with E-state index in [1.54, 1.807) is 6.92 Å². The van der Waals surface area contributed by atoms with Gasteiger partial charge < -0.3 is 29.8 Å². The Morgan fingerprint density at radius 1 is 1.27 bits per heavy atom. The molecule has 6 unspecified atom stereocenters. The molecule has 2 fully saturated rings. The minimum absolute atomic E-state index is 0.354. The smallest absolute Gasteiger partial charge is 0.175 e. The fourth-order valence-electron chi connectivity index (χ4n) is 2.82. The van der Waals surface area contributed by atoms with E-state index in [9.17, 15) is 5.11 Å². The number of hydrogen-bond acceptors (Lipinski definition) is 6. The zero-order valence-corrected chi connectivity index (χ0v) is 12.6. The summed E-state index contributed by atoms with van der Waals surface area (Å²) in [6.07, 6.45) is -1.89. The van der Waals surface area contributed by atoms with Crippen LogP contribution in [0, 0.1) is 0 Å². The van der Waals surface area contributed by atoms with Crippen molar-refractivity contribution in [3.63, 3.8) is 0 Å². The molecule has 0 amide bonds. The number of ether oxygens (including phenoxy) is 4. The molecule has 6 heteroatoms. The molecule has 0 saturated carbocycles. The molecule has 0 spiro atoms. The molecule has 2 saturated heterocycles. The first-order valence-electron chi connectivity index (χ1n) is 7.67. The highest BCUT2D eigenvalue weighted by Gasteiger charge is 2.47. The van der Waals surface area contributed by atoms with Gasteiger partial charge in [-0.15, -0.1) is 0 Å². The highest BCUT2D eigenvalue weighted by Crippen LogP contribution is 2.27. The topological polar surface area (TPSA) is 83.2 Å². The summed E-state index contributed by atoms with van der Waals surface area (Å²) in [6, 6.07) is 9.41. The molecule has 2 aliphatic heterocycles. The lowest BCUT2D eigenvalue weighted by atomic mass is 9.97. The van der Waals surface area contributed by atoms with Crippen LogP contribution in [-0.4, -0.2) is 55.3 Å². The molecule has 6 nitrogen and oxygen atoms in total. The van der Waals surface area contributed by atoms with Gasteiger partial charge in [-0.2, -0.15) is 0 Å². The number of benzene rings is 1. The molecule has 1 aromatic carbocycles. The highest BCUT2D eigenvalue weighted by molar-refractivity contribution is 5.14. The largest absolute Gasteiger partial charge is 0.388 e. The number of aliphatic hydroxyl groups is 1. The Labute approximate surface area is 130 Å². The first kappa shape index (κ1) is 15.9. The van der Waals surface area contributed by atoms with Crippen molar-refractivity contribution in [2.24, 2.45) is 5.73 Å². The van der Waals surface area contributed by atoms with Crippen molar-refractivity contribution in [2.75, 3.05) is 13.2 Å². The van der Waals surface area contributed by atoms with Crippen LogP contribution >= 0.6 is 0 Å². The molecule has 2 heterocycles. The summed E-state index contributed by atoms with van der Waals surface area (Å²) in [7, 11) is 0. The summed E-state index contributed by atoms with van der Waals surface area (Å²) >= 11 is 0. The van der Waals surface area contributed by atoms with E-state index in [2.05, 4.69) is 0 Å². The Morgan fingerprint density at radius 3 is 2.82 bits per heavy atom. The van der Waals surface area contributed by atoms with Crippen molar-refractivity contribution in [1.82, 2.24) is 0 Å². The Kier molecular flexibility index (Phi) is 5.07. The zero-order valence-electron chi connectivity index (χ0n) is 12.6. The molecule has 6 atom stereocenters. The van der Waals surface area contributed by atoms with Crippen molar-refractivity contribution in [3.8, 4) is 0 Å². The molecule has 22 heavy (non-hydrogen) atoms. The van der Waals surface area contributed by atoms with Crippen molar-refractivity contribution in [1.29, 1.82) is 0 Å². The van der Waals surface area contributed by atoms with Gasteiger partial charge in [0.2, 0.25) is 0 Å². The molecule has 0 aromatic heterocycles. The van der Waals surface area contributed by atoms with Crippen molar-refractivity contribution in [3.05, 3.63) is 35.9 Å². The van der Waals surface area contributed by atoms with E-state index in [1.807, 2.05) is 30.3 Å². The molecule has 122 valence electrons. The molecule has 0 aliphatic carbocycles. The van der Waals surface area contributed by atoms with Gasteiger partial charge in [0.1, 0.15) is 18.3 Å². The second-order valence-electron chi connectivity index (χ2n) is 5.72. The molecular formula is C16H23NO5. The fraction of sp³-hybridized carbons (Fsp3) is 0.625. The van der Waals surface area contributed by atoms with Crippen LogP contribution in [0.4, 0.5) is 0 Å². The third-order valence-electron chi connectivity index (χ3n) is 4.08. The van der Waals surface area contributed by atoms with Gasteiger partial charge in [-0.05, 0) is 18.9 Å². The first-order valence-corrected chi connectivity index (χ1v) is 7.67. The van der Waals surface area contributed by atoms with Crippen LogP contribution in [0.1, 0.15) is 12.5 Å². The molecule has 0 radical (unpaired) electrons. The lowest BCUT2D eigenvalue weighted by Crippen LogP contribution is -2.65. The average molecular weight is 309 g/mol. The number of rotatable bonds is 4. The van der Waals surface area contributed by atoms with Crippen LogP contribution in [0.15, 0.2) is 30.3 Å². The SMILES string of the molecule is CC1OCC2OC(OCCc3ccccc3)C(N)C(O)C2O1. The summed E-state index contributed by atoms with van der Waals surface area (Å²) in [5, 5.41) is 10.3. The van der Waals surface area contributed by atoms with Gasteiger partial charge in [0.25, 0.3) is 0 Å². The molecule has 0 bridgehead atoms. The number of nitrogens with two attached hydrogens (primary N) is 1. The summed E-state index contributed by atoms with van der Waals surface area (Å²) in [5.74, 6) is 0. The maximum Gasteiger partial charge on any atom is 0.175 e. The minimum Gasteiger partial charge on any atom is -0.388 e. The quantitative estimate of drug-likeness (QED) is 0.839. The van der Waals surface area contributed by atoms with Crippen LogP contribution in [0.3, 0.4) is 0 Å². The van der Waals surface area contributed by atoms with E-state index >= 15 is 0 Å². The van der Waals surface area contributed by atoms with Gasteiger partial charge in [-0.25, -0.2) is 0 Å². The van der Waals surface area contributed by atoms with E-state index in [-0.39, 0.29) is 12.4 Å². The Morgan fingerprint density at radius 2 is 2.05 bits per heavy atom. The standard InChI is InChI=1S/C16H23NO5/c1-10-20-9-12-15(21-10)14(18)13(17)16(22-12)19-8-7-11-5-3-2-4-6-11/h2-6,10,12-16,18H,7-9,17H2,1H3. The van der Waals surface area contributed by atoms with E-state index in [4.69, 9.17) is 24.7 Å². The molecular weight excluding hydrogens is 286 g/mol. The Hall–Kier alpha value is -1.02. The molecule has 3 N–H and O–H groups in total. The van der Waals surface area contributed by atoms with Crippen LogP contribution in [0.25, 0.3) is 0 Å². The predicted octanol–water partition coefficient (Wildman–Crippen LogP) is 0.420. The van der Waals surface area contributed by atoms with E-state index < -0.39 is 24.5 Å². The van der Waals surface area contributed by atoms with Crippen LogP contribution in [0.5, 0.6) is 0 Å². The van der Waals surface area contributed by atoms with Crippen molar-refractivity contribution in [2.45, 2.75) is 50.3 Å². The van der Waals surface area contributed by atoms with Gasteiger partial charge in [-0.1, -0.05) is 30.3 Å². The van der Waals surface area contributed by atoms with Gasteiger partial charge in [0.15, 0.2) is 12.6 Å². The summed E-state index contributed by atoms with van der Waals surface area (Å²) in [5.41, 5.74) is 7.22. The lowest BCUT2D eigenvalue weighted by molar-refractivity contribution is -0.335. The van der Waals surface area contributed by atoms with Crippen LogP contribution < -0.4 is 5.73 Å².